The second kappa shape index (κ2) is 2.03. The van der Waals surface area contributed by atoms with Crippen LogP contribution in [0.1, 0.15) is 34.1 Å². The maximum absolute atomic E-state index is 11.5. The molecule has 0 aromatic carbocycles. The molecule has 1 aliphatic rings. The summed E-state index contributed by atoms with van der Waals surface area (Å²) in [6.45, 7) is 7.27. The number of aliphatic hydroxyl groups excluding tert-OH is 1. The topological polar surface area (TPSA) is 40.3 Å². The molecule has 64 valence electrons. The lowest BCUT2D eigenvalue weighted by Gasteiger charge is -2.13. The molecule has 1 heterocycles. The molecule has 11 heavy (non-hydrogen) atoms. The van der Waals surface area contributed by atoms with E-state index in [0.29, 0.717) is 6.42 Å². The van der Waals surface area contributed by atoms with Gasteiger partial charge >= 0.3 is 0 Å². The van der Waals surface area contributed by atoms with Crippen molar-refractivity contribution in [3.63, 3.8) is 0 Å². The first-order chi connectivity index (χ1) is 4.78. The third kappa shape index (κ3) is 1.07. The zero-order valence-electron chi connectivity index (χ0n) is 7.59. The molecule has 0 saturated carbocycles. The van der Waals surface area contributed by atoms with Crippen LogP contribution >= 0.6 is 0 Å². The lowest BCUT2D eigenvalue weighted by atomic mass is 9.98. The van der Waals surface area contributed by atoms with Gasteiger partial charge in [0.25, 0.3) is 0 Å². The fourth-order valence-corrected chi connectivity index (χ4v) is 1.72. The van der Waals surface area contributed by atoms with E-state index in [4.69, 9.17) is 0 Å². The molecule has 0 amide bonds. The average Bonchev–Trinajstić information content (AvgIpc) is 1.94. The summed E-state index contributed by atoms with van der Waals surface area (Å²) in [5.41, 5.74) is -1.04. The summed E-state index contributed by atoms with van der Waals surface area (Å²) in [6.07, 6.45) is 0.0544. The number of aliphatic hydroxyl groups is 1. The van der Waals surface area contributed by atoms with Crippen molar-refractivity contribution in [3.8, 4) is 0 Å². The number of hydrogen-bond acceptors (Lipinski definition) is 2. The standard InChI is InChI=1S/C8H16NO2/c1-7(2)5-6(10)8(3,4)9(7)11/h6,10H,5H2,1-4H3/q+1. The molecule has 1 aliphatic heterocycles. The van der Waals surface area contributed by atoms with Crippen molar-refractivity contribution in [2.24, 2.45) is 0 Å². The van der Waals surface area contributed by atoms with Gasteiger partial charge in [0.1, 0.15) is 6.10 Å². The SMILES string of the molecule is CC1(C)CC(O)C(C)(C)[N+]1=O. The Bertz CT molecular complexity index is 196. The molecular formula is C8H16NO2+. The Morgan fingerprint density at radius 3 is 1.91 bits per heavy atom. The molecule has 1 unspecified atom stereocenters. The van der Waals surface area contributed by atoms with E-state index in [1.54, 1.807) is 13.8 Å². The van der Waals surface area contributed by atoms with Crippen LogP contribution in [0.15, 0.2) is 0 Å². The fraction of sp³-hybridized carbons (Fsp3) is 1.00. The Hall–Kier alpha value is -0.440. The zero-order chi connectivity index (χ0) is 8.86. The van der Waals surface area contributed by atoms with Crippen LogP contribution < -0.4 is 0 Å². The van der Waals surface area contributed by atoms with Crippen molar-refractivity contribution in [3.05, 3.63) is 4.91 Å². The predicted molar refractivity (Wildman–Crippen MR) is 42.4 cm³/mol. The van der Waals surface area contributed by atoms with E-state index < -0.39 is 17.2 Å². The third-order valence-electron chi connectivity index (χ3n) is 2.58. The van der Waals surface area contributed by atoms with Gasteiger partial charge in [-0.05, 0) is 0 Å². The van der Waals surface area contributed by atoms with Gasteiger partial charge in [0, 0.05) is 43.8 Å². The molecule has 3 heteroatoms. The van der Waals surface area contributed by atoms with Gasteiger partial charge in [0.2, 0.25) is 11.1 Å². The van der Waals surface area contributed by atoms with Crippen LogP contribution in [-0.2, 0) is 0 Å². The summed E-state index contributed by atoms with van der Waals surface area (Å²) in [7, 11) is 0. The van der Waals surface area contributed by atoms with E-state index >= 15 is 0 Å². The summed E-state index contributed by atoms with van der Waals surface area (Å²) in [5, 5.41) is 9.52. The highest BCUT2D eigenvalue weighted by molar-refractivity contribution is 4.91. The maximum Gasteiger partial charge on any atom is 0.231 e. The van der Waals surface area contributed by atoms with Gasteiger partial charge in [-0.2, -0.15) is 0 Å². The van der Waals surface area contributed by atoms with Crippen molar-refractivity contribution in [2.45, 2.75) is 51.3 Å². The van der Waals surface area contributed by atoms with Crippen LogP contribution in [-0.4, -0.2) is 27.0 Å². The van der Waals surface area contributed by atoms with Crippen molar-refractivity contribution in [1.82, 2.24) is 0 Å². The Morgan fingerprint density at radius 1 is 1.36 bits per heavy atom. The molecule has 0 spiro atoms. The Morgan fingerprint density at radius 2 is 1.82 bits per heavy atom. The lowest BCUT2D eigenvalue weighted by molar-refractivity contribution is -0.661. The van der Waals surface area contributed by atoms with Crippen LogP contribution in [0.5, 0.6) is 0 Å². The molecule has 1 rings (SSSR count). The highest BCUT2D eigenvalue weighted by Crippen LogP contribution is 2.36. The van der Waals surface area contributed by atoms with Crippen LogP contribution in [0.3, 0.4) is 0 Å². The molecule has 3 nitrogen and oxygen atoms in total. The minimum Gasteiger partial charge on any atom is -0.385 e. The van der Waals surface area contributed by atoms with Crippen molar-refractivity contribution < 1.29 is 9.87 Å². The summed E-state index contributed by atoms with van der Waals surface area (Å²) in [4.78, 5) is 11.5. The molecule has 1 atom stereocenters. The minimum atomic E-state index is -0.622. The highest BCUT2D eigenvalue weighted by Gasteiger charge is 2.60. The molecule has 0 radical (unpaired) electrons. The van der Waals surface area contributed by atoms with E-state index in [2.05, 4.69) is 0 Å². The Balaban J connectivity index is 2.99. The van der Waals surface area contributed by atoms with Gasteiger partial charge in [-0.3, -0.25) is 0 Å². The fourth-order valence-electron chi connectivity index (χ4n) is 1.72. The second-order valence-corrected chi connectivity index (χ2v) is 4.48. The first-order valence-electron chi connectivity index (χ1n) is 3.94. The van der Waals surface area contributed by atoms with Gasteiger partial charge in [0.05, 0.1) is 0 Å². The predicted octanol–water partition coefficient (Wildman–Crippen LogP) is 1.09. The number of hydrogen-bond donors (Lipinski definition) is 1. The van der Waals surface area contributed by atoms with Crippen molar-refractivity contribution in [1.29, 1.82) is 0 Å². The normalized spacial score (nSPS) is 34.3. The van der Waals surface area contributed by atoms with E-state index in [1.165, 1.54) is 0 Å². The third-order valence-corrected chi connectivity index (χ3v) is 2.58. The van der Waals surface area contributed by atoms with Crippen LogP contribution in [0.4, 0.5) is 0 Å². The van der Waals surface area contributed by atoms with Gasteiger partial charge in [-0.1, -0.05) is 0 Å². The molecule has 0 bridgehead atoms. The summed E-state index contributed by atoms with van der Waals surface area (Å²) in [5.74, 6) is 0. The minimum absolute atomic E-state index is 0.414. The second-order valence-electron chi connectivity index (χ2n) is 4.48. The number of nitroso groups, excluding NO2 is 1. The monoisotopic (exact) mass is 158 g/mol. The van der Waals surface area contributed by atoms with Gasteiger partial charge in [-0.25, -0.2) is 0 Å². The zero-order valence-corrected chi connectivity index (χ0v) is 7.59. The average molecular weight is 158 g/mol. The van der Waals surface area contributed by atoms with E-state index in [0.717, 1.165) is 4.76 Å². The van der Waals surface area contributed by atoms with Gasteiger partial charge in [0.15, 0.2) is 0 Å². The lowest BCUT2D eigenvalue weighted by Crippen LogP contribution is -2.41. The molecule has 1 N–H and O–H groups in total. The smallest absolute Gasteiger partial charge is 0.231 e. The molecule has 0 aliphatic carbocycles. The highest BCUT2D eigenvalue weighted by atomic mass is 16.3. The Kier molecular flexibility index (Phi) is 1.60. The van der Waals surface area contributed by atoms with Crippen LogP contribution in [0.2, 0.25) is 0 Å². The first-order valence-corrected chi connectivity index (χ1v) is 3.94. The maximum atomic E-state index is 11.5. The number of nitrogens with zero attached hydrogens (tertiary/aromatic N) is 1. The van der Waals surface area contributed by atoms with Gasteiger partial charge < -0.3 is 5.11 Å². The van der Waals surface area contributed by atoms with Crippen LogP contribution in [0, 0.1) is 4.91 Å². The van der Waals surface area contributed by atoms with Crippen molar-refractivity contribution in [2.75, 3.05) is 0 Å². The van der Waals surface area contributed by atoms with Crippen molar-refractivity contribution >= 4 is 0 Å². The first kappa shape index (κ1) is 8.65. The Labute approximate surface area is 67.0 Å². The van der Waals surface area contributed by atoms with E-state index in [-0.39, 0.29) is 0 Å². The molecule has 1 saturated heterocycles. The van der Waals surface area contributed by atoms with E-state index in [1.807, 2.05) is 13.8 Å². The molecule has 0 aromatic rings. The summed E-state index contributed by atoms with van der Waals surface area (Å²) in [6, 6.07) is 0. The molecule has 1 fully saturated rings. The molecule has 0 aromatic heterocycles. The largest absolute Gasteiger partial charge is 0.385 e. The number of rotatable bonds is 0. The quantitative estimate of drug-likeness (QED) is 0.536. The van der Waals surface area contributed by atoms with Crippen LogP contribution in [0.25, 0.3) is 0 Å². The summed E-state index contributed by atoms with van der Waals surface area (Å²) < 4.78 is 1.00. The molecular weight excluding hydrogens is 142 g/mol. The van der Waals surface area contributed by atoms with E-state index in [9.17, 15) is 10.0 Å². The summed E-state index contributed by atoms with van der Waals surface area (Å²) >= 11 is 0. The van der Waals surface area contributed by atoms with Gasteiger partial charge in [-0.15, -0.1) is 0 Å².